The van der Waals surface area contributed by atoms with Crippen molar-refractivity contribution in [2.24, 2.45) is 0 Å². The molecule has 0 amide bonds. The first-order valence-corrected chi connectivity index (χ1v) is 9.78. The summed E-state index contributed by atoms with van der Waals surface area (Å²) in [5.41, 5.74) is 1.04. The van der Waals surface area contributed by atoms with Crippen LogP contribution in [0.4, 0.5) is 0 Å². The smallest absolute Gasteiger partial charge is 0.338 e. The Bertz CT molecular complexity index is 1020. The molecule has 0 unspecified atom stereocenters. The highest BCUT2D eigenvalue weighted by Crippen LogP contribution is 2.22. The molecule has 0 aliphatic carbocycles. The number of esters is 1. The molecule has 3 rings (SSSR count). The first-order valence-electron chi connectivity index (χ1n) is 7.51. The number of sulfone groups is 1. The van der Waals surface area contributed by atoms with Crippen LogP contribution in [0, 0.1) is 0 Å². The van der Waals surface area contributed by atoms with Crippen LogP contribution in [0.5, 0.6) is 0 Å². The van der Waals surface area contributed by atoms with E-state index >= 15 is 0 Å². The number of carbonyl (C=O) groups excluding carboxylic acids is 1. The van der Waals surface area contributed by atoms with Crippen LogP contribution in [0.1, 0.15) is 16.2 Å². The lowest BCUT2D eigenvalue weighted by molar-refractivity contribution is 0.0439. The zero-order chi connectivity index (χ0) is 18.7. The zero-order valence-electron chi connectivity index (χ0n) is 13.7. The van der Waals surface area contributed by atoms with Gasteiger partial charge in [0.1, 0.15) is 0 Å². The van der Waals surface area contributed by atoms with Crippen molar-refractivity contribution in [2.45, 2.75) is 11.5 Å². The van der Waals surface area contributed by atoms with Crippen molar-refractivity contribution >= 4 is 27.4 Å². The van der Waals surface area contributed by atoms with E-state index in [0.29, 0.717) is 10.8 Å². The van der Waals surface area contributed by atoms with Gasteiger partial charge in [0.25, 0.3) is 0 Å². The number of hydrogen-bond acceptors (Lipinski definition) is 6. The number of rotatable bonds is 5. The molecule has 6 nitrogen and oxygen atoms in total. The summed E-state index contributed by atoms with van der Waals surface area (Å²) in [6.45, 7) is -0.139. The monoisotopic (exact) mass is 391 g/mol. The summed E-state index contributed by atoms with van der Waals surface area (Å²) in [6, 6.07) is 12.6. The van der Waals surface area contributed by atoms with E-state index in [4.69, 9.17) is 20.8 Å². The van der Waals surface area contributed by atoms with Crippen molar-refractivity contribution in [3.8, 4) is 11.3 Å². The van der Waals surface area contributed by atoms with Crippen molar-refractivity contribution < 1.29 is 22.4 Å². The molecule has 26 heavy (non-hydrogen) atoms. The summed E-state index contributed by atoms with van der Waals surface area (Å²) in [5.74, 6) is 0.178. The summed E-state index contributed by atoms with van der Waals surface area (Å²) in [6.07, 6.45) is 2.63. The minimum atomic E-state index is -3.31. The van der Waals surface area contributed by atoms with Gasteiger partial charge in [-0.2, -0.15) is 0 Å². The van der Waals surface area contributed by atoms with Gasteiger partial charge < -0.3 is 9.15 Å². The second-order valence-corrected chi connectivity index (χ2v) is 7.95. The lowest BCUT2D eigenvalue weighted by Crippen LogP contribution is -2.06. The van der Waals surface area contributed by atoms with Crippen molar-refractivity contribution in [1.82, 2.24) is 4.98 Å². The first-order chi connectivity index (χ1) is 12.3. The van der Waals surface area contributed by atoms with Crippen LogP contribution in [0.2, 0.25) is 5.02 Å². The van der Waals surface area contributed by atoms with Gasteiger partial charge in [0.05, 0.1) is 16.7 Å². The Kier molecular flexibility index (Phi) is 5.11. The predicted octanol–water partition coefficient (Wildman–Crippen LogP) is 3.76. The third-order valence-electron chi connectivity index (χ3n) is 3.53. The molecule has 3 aromatic rings. The quantitative estimate of drug-likeness (QED) is 0.615. The highest BCUT2D eigenvalue weighted by atomic mass is 35.5. The molecule has 0 spiro atoms. The van der Waals surface area contributed by atoms with Crippen LogP contribution in [0.25, 0.3) is 11.3 Å². The Morgan fingerprint density at radius 3 is 2.38 bits per heavy atom. The minimum Gasteiger partial charge on any atom is -0.452 e. The van der Waals surface area contributed by atoms with E-state index in [1.54, 1.807) is 24.3 Å². The third-order valence-corrected chi connectivity index (χ3v) is 4.91. The molecular weight excluding hydrogens is 378 g/mol. The molecule has 0 N–H and O–H groups in total. The number of halogens is 1. The molecule has 1 heterocycles. The van der Waals surface area contributed by atoms with E-state index < -0.39 is 15.8 Å². The SMILES string of the molecule is CS(=O)(=O)c1ccc(C(=O)OCc2ncc(-c3ccc(Cl)cc3)o2)cc1. The number of oxazole rings is 1. The number of nitrogens with zero attached hydrogens (tertiary/aromatic N) is 1. The summed E-state index contributed by atoms with van der Waals surface area (Å²) in [4.78, 5) is 16.2. The molecule has 0 saturated heterocycles. The maximum absolute atomic E-state index is 12.0. The van der Waals surface area contributed by atoms with Gasteiger partial charge in [-0.25, -0.2) is 18.2 Å². The molecule has 0 radical (unpaired) electrons. The fraction of sp³-hybridized carbons (Fsp3) is 0.111. The molecule has 2 aromatic carbocycles. The predicted molar refractivity (Wildman–Crippen MR) is 95.6 cm³/mol. The van der Waals surface area contributed by atoms with Crippen LogP contribution in [0.3, 0.4) is 0 Å². The number of benzene rings is 2. The highest BCUT2D eigenvalue weighted by Gasteiger charge is 2.13. The van der Waals surface area contributed by atoms with E-state index in [1.165, 1.54) is 30.5 Å². The Labute approximate surface area is 155 Å². The zero-order valence-corrected chi connectivity index (χ0v) is 15.3. The Balaban J connectivity index is 1.64. The molecule has 8 heteroatoms. The Morgan fingerprint density at radius 1 is 1.12 bits per heavy atom. The largest absolute Gasteiger partial charge is 0.452 e. The van der Waals surface area contributed by atoms with Crippen molar-refractivity contribution in [1.29, 1.82) is 0 Å². The third kappa shape index (κ3) is 4.30. The normalized spacial score (nSPS) is 11.3. The summed E-state index contributed by atoms with van der Waals surface area (Å²) >= 11 is 5.84. The molecule has 134 valence electrons. The van der Waals surface area contributed by atoms with Gasteiger partial charge in [0.15, 0.2) is 22.2 Å². The van der Waals surface area contributed by atoms with Gasteiger partial charge in [-0.3, -0.25) is 0 Å². The van der Waals surface area contributed by atoms with Crippen LogP contribution in [-0.4, -0.2) is 25.6 Å². The summed E-state index contributed by atoms with van der Waals surface area (Å²) in [7, 11) is -3.31. The van der Waals surface area contributed by atoms with E-state index in [2.05, 4.69) is 4.98 Å². The van der Waals surface area contributed by atoms with Crippen LogP contribution in [0.15, 0.2) is 64.0 Å². The standard InChI is InChI=1S/C18H14ClNO5S/c1-26(22,23)15-8-4-13(5-9-15)18(21)24-11-17-20-10-16(25-17)12-2-6-14(19)7-3-12/h2-10H,11H2,1H3. The van der Waals surface area contributed by atoms with Crippen LogP contribution < -0.4 is 0 Å². The molecular formula is C18H14ClNO5S. The topological polar surface area (TPSA) is 86.5 Å². The van der Waals surface area contributed by atoms with Crippen LogP contribution in [-0.2, 0) is 21.2 Å². The number of hydrogen-bond donors (Lipinski definition) is 0. The fourth-order valence-corrected chi connectivity index (χ4v) is 2.93. The van der Waals surface area contributed by atoms with Crippen molar-refractivity contribution in [3.63, 3.8) is 0 Å². The van der Waals surface area contributed by atoms with E-state index in [9.17, 15) is 13.2 Å². The maximum Gasteiger partial charge on any atom is 0.338 e. The fourth-order valence-electron chi connectivity index (χ4n) is 2.17. The summed E-state index contributed by atoms with van der Waals surface area (Å²) < 4.78 is 33.5. The van der Waals surface area contributed by atoms with E-state index in [0.717, 1.165) is 11.8 Å². The second kappa shape index (κ2) is 7.31. The molecule has 0 bridgehead atoms. The average Bonchev–Trinajstić information content (AvgIpc) is 3.08. The van der Waals surface area contributed by atoms with Gasteiger partial charge in [-0.05, 0) is 48.5 Å². The lowest BCUT2D eigenvalue weighted by Gasteiger charge is -2.03. The average molecular weight is 392 g/mol. The van der Waals surface area contributed by atoms with Gasteiger partial charge in [-0.1, -0.05) is 11.6 Å². The molecule has 0 aliphatic rings. The van der Waals surface area contributed by atoms with E-state index in [-0.39, 0.29) is 23.0 Å². The second-order valence-electron chi connectivity index (χ2n) is 5.50. The molecule has 0 aliphatic heterocycles. The van der Waals surface area contributed by atoms with Gasteiger partial charge in [-0.15, -0.1) is 0 Å². The Morgan fingerprint density at radius 2 is 1.77 bits per heavy atom. The Hall–Kier alpha value is -2.64. The van der Waals surface area contributed by atoms with Crippen LogP contribution >= 0.6 is 11.6 Å². The van der Waals surface area contributed by atoms with E-state index in [1.807, 2.05) is 0 Å². The van der Waals surface area contributed by atoms with Gasteiger partial charge in [0, 0.05) is 16.8 Å². The molecule has 1 aromatic heterocycles. The van der Waals surface area contributed by atoms with Crippen molar-refractivity contribution in [3.05, 3.63) is 71.2 Å². The molecule has 0 fully saturated rings. The summed E-state index contributed by atoms with van der Waals surface area (Å²) in [5, 5.41) is 0.615. The highest BCUT2D eigenvalue weighted by molar-refractivity contribution is 7.90. The number of carbonyl (C=O) groups is 1. The minimum absolute atomic E-state index is 0.134. The number of aromatic nitrogens is 1. The lowest BCUT2D eigenvalue weighted by atomic mass is 10.2. The number of ether oxygens (including phenoxy) is 1. The van der Waals surface area contributed by atoms with Gasteiger partial charge >= 0.3 is 5.97 Å². The molecule has 0 atom stereocenters. The first kappa shape index (κ1) is 18.2. The maximum atomic E-state index is 12.0. The van der Waals surface area contributed by atoms with Gasteiger partial charge in [0.2, 0.25) is 5.89 Å². The van der Waals surface area contributed by atoms with Crippen molar-refractivity contribution in [2.75, 3.05) is 6.26 Å². The molecule has 0 saturated carbocycles.